The molecule has 1 nitrogen and oxygen atoms in total. The van der Waals surface area contributed by atoms with Gasteiger partial charge in [-0.15, -0.1) is 0 Å². The Balaban J connectivity index is 2.18. The molecule has 0 aliphatic rings. The summed E-state index contributed by atoms with van der Waals surface area (Å²) in [7, 11) is 0. The summed E-state index contributed by atoms with van der Waals surface area (Å²) in [6.07, 6.45) is 1.93. The van der Waals surface area contributed by atoms with E-state index < -0.39 is 0 Å². The van der Waals surface area contributed by atoms with Crippen molar-refractivity contribution in [3.63, 3.8) is 0 Å². The molecule has 2 aromatic carbocycles. The predicted molar refractivity (Wildman–Crippen MR) is 76.4 cm³/mol. The Hall–Kier alpha value is -1.63. The van der Waals surface area contributed by atoms with E-state index in [1.807, 2.05) is 61.5 Å². The van der Waals surface area contributed by atoms with E-state index in [0.717, 1.165) is 10.0 Å². The zero-order chi connectivity index (χ0) is 12.8. The maximum absolute atomic E-state index is 12.3. The normalized spacial score (nSPS) is 11.3. The number of carbonyl (C=O) groups is 1. The van der Waals surface area contributed by atoms with E-state index in [-0.39, 0.29) is 20.7 Å². The summed E-state index contributed by atoms with van der Waals surface area (Å²) in [5, 5.41) is 0. The minimum absolute atomic E-state index is 0.0724. The molecule has 0 spiro atoms. The zero-order valence-corrected chi connectivity index (χ0v) is 11.9. The summed E-state index contributed by atoms with van der Waals surface area (Å²) in [4.78, 5) is 12.3. The van der Waals surface area contributed by atoms with Crippen LogP contribution in [0.25, 0.3) is 0 Å². The molecule has 18 heavy (non-hydrogen) atoms. The van der Waals surface area contributed by atoms with E-state index in [0.29, 0.717) is 0 Å². The van der Waals surface area contributed by atoms with Gasteiger partial charge in [0.05, 0.1) is 0 Å². The zero-order valence-electron chi connectivity index (χ0n) is 10.2. The van der Waals surface area contributed by atoms with Gasteiger partial charge in [-0.2, -0.15) is 0 Å². The van der Waals surface area contributed by atoms with Gasteiger partial charge in [0.1, 0.15) is 0 Å². The van der Waals surface area contributed by atoms with Crippen molar-refractivity contribution in [2.45, 2.75) is 6.92 Å². The second-order valence-corrected chi connectivity index (χ2v) is 6.10. The first-order chi connectivity index (χ1) is 8.81. The summed E-state index contributed by atoms with van der Waals surface area (Å²) in [6.45, 7) is 1.93. The number of allylic oxidation sites excluding steroid dienone is 2. The van der Waals surface area contributed by atoms with Crippen LogP contribution < -0.4 is 4.46 Å². The second-order valence-electron chi connectivity index (χ2n) is 3.76. The first-order valence-electron chi connectivity index (χ1n) is 5.80. The van der Waals surface area contributed by atoms with Crippen LogP contribution in [0.4, 0.5) is 0 Å². The molecule has 2 heteroatoms. The van der Waals surface area contributed by atoms with Crippen molar-refractivity contribution >= 4 is 25.2 Å². The molecule has 0 radical (unpaired) electrons. The number of rotatable bonds is 4. The van der Waals surface area contributed by atoms with E-state index in [1.165, 1.54) is 4.46 Å². The van der Waals surface area contributed by atoms with Gasteiger partial charge in [0, 0.05) is 0 Å². The van der Waals surface area contributed by atoms with Gasteiger partial charge in [0.25, 0.3) is 0 Å². The molecule has 0 aliphatic carbocycles. The quantitative estimate of drug-likeness (QED) is 0.482. The summed E-state index contributed by atoms with van der Waals surface area (Å²) in [6, 6.07) is 19.6. The van der Waals surface area contributed by atoms with Crippen LogP contribution in [0.3, 0.4) is 0 Å². The number of ketones is 1. The van der Waals surface area contributed by atoms with Crippen molar-refractivity contribution in [3.05, 3.63) is 76.8 Å². The molecule has 90 valence electrons. The third kappa shape index (κ3) is 3.19. The monoisotopic (exact) mass is 302 g/mol. The molecular formula is C16H14OSe. The van der Waals surface area contributed by atoms with E-state index in [9.17, 15) is 4.79 Å². The van der Waals surface area contributed by atoms with E-state index in [1.54, 1.807) is 0 Å². The fourth-order valence-corrected chi connectivity index (χ4v) is 3.42. The summed E-state index contributed by atoms with van der Waals surface area (Å²) in [5.41, 5.74) is 0.767. The van der Waals surface area contributed by atoms with Crippen molar-refractivity contribution in [2.75, 3.05) is 0 Å². The molecule has 0 N–H and O–H groups in total. The van der Waals surface area contributed by atoms with Crippen LogP contribution in [0.2, 0.25) is 0 Å². The average Bonchev–Trinajstić information content (AvgIpc) is 2.46. The van der Waals surface area contributed by atoms with Crippen molar-refractivity contribution in [3.8, 4) is 0 Å². The average molecular weight is 301 g/mol. The molecule has 0 fully saturated rings. The molecule has 0 atom stereocenters. The Morgan fingerprint density at radius 3 is 2.06 bits per heavy atom. The number of hydrogen-bond donors (Lipinski definition) is 0. The van der Waals surface area contributed by atoms with Gasteiger partial charge in [-0.25, -0.2) is 0 Å². The van der Waals surface area contributed by atoms with E-state index in [4.69, 9.17) is 0 Å². The molecule has 2 rings (SSSR count). The van der Waals surface area contributed by atoms with Crippen LogP contribution in [0.5, 0.6) is 0 Å². The maximum atomic E-state index is 12.3. The van der Waals surface area contributed by atoms with Gasteiger partial charge < -0.3 is 0 Å². The Kier molecular flexibility index (Phi) is 4.52. The standard InChI is InChI=1S/C16H14OSe/c1-2-15(18-14-11-7-4-8-12-14)16(17)13-9-5-3-6-10-13/h2-12H,1H3/b15-2-. The van der Waals surface area contributed by atoms with Crippen LogP contribution in [0.1, 0.15) is 17.3 Å². The van der Waals surface area contributed by atoms with Gasteiger partial charge >= 0.3 is 114 Å². The number of benzene rings is 2. The Morgan fingerprint density at radius 1 is 0.944 bits per heavy atom. The second kappa shape index (κ2) is 6.34. The van der Waals surface area contributed by atoms with Crippen LogP contribution in [-0.4, -0.2) is 20.7 Å². The fourth-order valence-electron chi connectivity index (χ4n) is 1.58. The molecule has 0 saturated carbocycles. The van der Waals surface area contributed by atoms with Gasteiger partial charge in [-0.3, -0.25) is 0 Å². The molecule has 0 saturated heterocycles. The molecule has 0 aliphatic heterocycles. The van der Waals surface area contributed by atoms with Crippen LogP contribution >= 0.6 is 0 Å². The van der Waals surface area contributed by atoms with Gasteiger partial charge in [-0.05, 0) is 0 Å². The molecule has 2 aromatic rings. The van der Waals surface area contributed by atoms with Crippen molar-refractivity contribution < 1.29 is 4.79 Å². The van der Waals surface area contributed by atoms with Gasteiger partial charge in [0.2, 0.25) is 0 Å². The van der Waals surface area contributed by atoms with Crippen molar-refractivity contribution in [2.24, 2.45) is 0 Å². The molecular weight excluding hydrogens is 287 g/mol. The summed E-state index contributed by atoms with van der Waals surface area (Å²) >= 11 is 0.0724. The first kappa shape index (κ1) is 12.8. The molecule has 0 aromatic heterocycles. The van der Waals surface area contributed by atoms with Crippen LogP contribution in [0, 0.1) is 0 Å². The molecule has 0 amide bonds. The Morgan fingerprint density at radius 2 is 1.50 bits per heavy atom. The SMILES string of the molecule is C/C=C(\[Se]c1ccccc1)C(=O)c1ccccc1. The number of Topliss-reactive ketones (excluding diaryl/α,β-unsaturated/α-hetero) is 1. The van der Waals surface area contributed by atoms with Gasteiger partial charge in [0.15, 0.2) is 0 Å². The third-order valence-corrected chi connectivity index (χ3v) is 4.90. The predicted octanol–water partition coefficient (Wildman–Crippen LogP) is 2.80. The Bertz CT molecular complexity index is 544. The number of carbonyl (C=O) groups excluding carboxylic acids is 1. The van der Waals surface area contributed by atoms with Gasteiger partial charge in [-0.1, -0.05) is 0 Å². The van der Waals surface area contributed by atoms with Crippen molar-refractivity contribution in [1.82, 2.24) is 0 Å². The molecule has 0 bridgehead atoms. The Labute approximate surface area is 114 Å². The first-order valence-corrected chi connectivity index (χ1v) is 7.51. The summed E-state index contributed by atoms with van der Waals surface area (Å²) < 4.78 is 2.13. The minimum atomic E-state index is 0.0724. The van der Waals surface area contributed by atoms with Crippen molar-refractivity contribution in [1.29, 1.82) is 0 Å². The number of hydrogen-bond acceptors (Lipinski definition) is 1. The summed E-state index contributed by atoms with van der Waals surface area (Å²) in [5.74, 6) is 0.141. The van der Waals surface area contributed by atoms with Crippen LogP contribution in [-0.2, 0) is 0 Å². The molecule has 0 heterocycles. The third-order valence-electron chi connectivity index (χ3n) is 2.49. The van der Waals surface area contributed by atoms with E-state index in [2.05, 4.69) is 12.1 Å². The topological polar surface area (TPSA) is 17.1 Å². The van der Waals surface area contributed by atoms with Crippen LogP contribution in [0.15, 0.2) is 71.2 Å². The molecule has 0 unspecified atom stereocenters. The fraction of sp³-hybridized carbons (Fsp3) is 0.0625. The van der Waals surface area contributed by atoms with E-state index >= 15 is 0 Å².